The number of carbonyl (C=O) groups is 1. The number of amides is 1. The number of rotatable bonds is 4. The highest BCUT2D eigenvalue weighted by molar-refractivity contribution is 5.85. The second kappa shape index (κ2) is 7.64. The van der Waals surface area contributed by atoms with Gasteiger partial charge < -0.3 is 20.1 Å². The molecule has 1 aliphatic rings. The van der Waals surface area contributed by atoms with E-state index in [2.05, 4.69) is 10.6 Å². The number of para-hydroxylation sites is 1. The fourth-order valence-corrected chi connectivity index (χ4v) is 2.35. The third-order valence-corrected chi connectivity index (χ3v) is 3.44. The molecular weight excluding hydrogens is 292 g/mol. The first-order valence-corrected chi connectivity index (χ1v) is 6.82. The number of morpholine rings is 1. The summed E-state index contributed by atoms with van der Waals surface area (Å²) in [5.41, 5.74) is 0.421. The van der Waals surface area contributed by atoms with Crippen molar-refractivity contribution < 1.29 is 14.3 Å². The monoisotopic (exact) mass is 314 g/mol. The van der Waals surface area contributed by atoms with Crippen LogP contribution in [-0.2, 0) is 15.1 Å². The summed E-state index contributed by atoms with van der Waals surface area (Å²) in [5, 5.41) is 6.19. The van der Waals surface area contributed by atoms with Gasteiger partial charge in [0, 0.05) is 18.7 Å². The van der Waals surface area contributed by atoms with Gasteiger partial charge in [-0.3, -0.25) is 4.79 Å². The van der Waals surface area contributed by atoms with E-state index in [9.17, 15) is 4.79 Å². The summed E-state index contributed by atoms with van der Waals surface area (Å²) in [7, 11) is 1.63. The van der Waals surface area contributed by atoms with Crippen molar-refractivity contribution in [1.29, 1.82) is 0 Å². The van der Waals surface area contributed by atoms with Gasteiger partial charge in [0.25, 0.3) is 5.91 Å². The predicted molar refractivity (Wildman–Crippen MR) is 84.0 cm³/mol. The number of methoxy groups -OCH3 is 1. The maximum atomic E-state index is 12.3. The molecule has 1 saturated heterocycles. The normalized spacial score (nSPS) is 18.5. The van der Waals surface area contributed by atoms with Crippen molar-refractivity contribution >= 4 is 18.3 Å². The van der Waals surface area contributed by atoms with E-state index in [0.29, 0.717) is 13.2 Å². The van der Waals surface area contributed by atoms with Crippen LogP contribution < -0.4 is 15.4 Å². The standard InChI is InChI=1S/C15H22N2O3.ClH/c1-15(2,11-6-4-5-7-12(11)19-3)17-14(18)13-10-16-8-9-20-13;/h4-7,13,16H,8-10H2,1-3H3,(H,17,18);1H. The van der Waals surface area contributed by atoms with Gasteiger partial charge in [-0.25, -0.2) is 0 Å². The second-order valence-corrected chi connectivity index (χ2v) is 5.38. The summed E-state index contributed by atoms with van der Waals surface area (Å²) in [6.45, 7) is 5.82. The molecule has 118 valence electrons. The number of hydrogen-bond acceptors (Lipinski definition) is 4. The smallest absolute Gasteiger partial charge is 0.251 e. The number of ether oxygens (including phenoxy) is 2. The maximum Gasteiger partial charge on any atom is 0.251 e. The van der Waals surface area contributed by atoms with Gasteiger partial charge in [-0.15, -0.1) is 12.4 Å². The minimum absolute atomic E-state index is 0. The molecule has 21 heavy (non-hydrogen) atoms. The summed E-state index contributed by atoms with van der Waals surface area (Å²) in [6, 6.07) is 7.69. The second-order valence-electron chi connectivity index (χ2n) is 5.38. The Labute approximate surface area is 131 Å². The maximum absolute atomic E-state index is 12.3. The van der Waals surface area contributed by atoms with E-state index in [-0.39, 0.29) is 18.3 Å². The third-order valence-electron chi connectivity index (χ3n) is 3.44. The molecule has 1 aromatic carbocycles. The van der Waals surface area contributed by atoms with Gasteiger partial charge in [0.05, 0.1) is 19.3 Å². The summed E-state index contributed by atoms with van der Waals surface area (Å²) >= 11 is 0. The Bertz CT molecular complexity index is 474. The molecule has 2 N–H and O–H groups in total. The first-order chi connectivity index (χ1) is 9.54. The molecule has 0 aromatic heterocycles. The molecule has 0 aliphatic carbocycles. The van der Waals surface area contributed by atoms with E-state index in [1.807, 2.05) is 38.1 Å². The van der Waals surface area contributed by atoms with Crippen molar-refractivity contribution in [2.75, 3.05) is 26.8 Å². The topological polar surface area (TPSA) is 59.6 Å². The molecule has 1 aromatic rings. The highest BCUT2D eigenvalue weighted by atomic mass is 35.5. The SMILES string of the molecule is COc1ccccc1C(C)(C)NC(=O)C1CNCCO1.Cl. The van der Waals surface area contributed by atoms with Crippen molar-refractivity contribution in [3.63, 3.8) is 0 Å². The molecule has 1 aliphatic heterocycles. The highest BCUT2D eigenvalue weighted by Gasteiger charge is 2.30. The summed E-state index contributed by atoms with van der Waals surface area (Å²) in [6.07, 6.45) is -0.433. The van der Waals surface area contributed by atoms with Gasteiger partial charge >= 0.3 is 0 Å². The Balaban J connectivity index is 0.00000220. The Morgan fingerprint density at radius 3 is 2.76 bits per heavy atom. The van der Waals surface area contributed by atoms with Crippen LogP contribution in [-0.4, -0.2) is 38.8 Å². The van der Waals surface area contributed by atoms with Gasteiger partial charge in [-0.2, -0.15) is 0 Å². The van der Waals surface area contributed by atoms with E-state index in [1.165, 1.54) is 0 Å². The molecule has 1 amide bonds. The minimum atomic E-state index is -0.523. The fourth-order valence-electron chi connectivity index (χ4n) is 2.35. The quantitative estimate of drug-likeness (QED) is 0.883. The predicted octanol–water partition coefficient (Wildman–Crippen LogP) is 1.46. The van der Waals surface area contributed by atoms with Crippen LogP contribution in [0.1, 0.15) is 19.4 Å². The fraction of sp³-hybridized carbons (Fsp3) is 0.533. The van der Waals surface area contributed by atoms with Crippen LogP contribution in [0, 0.1) is 0 Å². The molecule has 0 spiro atoms. The van der Waals surface area contributed by atoms with Crippen LogP contribution in [0.15, 0.2) is 24.3 Å². The van der Waals surface area contributed by atoms with Crippen molar-refractivity contribution in [3.8, 4) is 5.75 Å². The first kappa shape index (κ1) is 17.8. The Kier molecular flexibility index (Phi) is 6.45. The summed E-state index contributed by atoms with van der Waals surface area (Å²) < 4.78 is 10.8. The van der Waals surface area contributed by atoms with E-state index < -0.39 is 11.6 Å². The molecule has 6 heteroatoms. The molecule has 0 bridgehead atoms. The first-order valence-electron chi connectivity index (χ1n) is 6.82. The van der Waals surface area contributed by atoms with Crippen LogP contribution in [0.2, 0.25) is 0 Å². The number of halogens is 1. The zero-order valence-electron chi connectivity index (χ0n) is 12.6. The number of nitrogens with one attached hydrogen (secondary N) is 2. The van der Waals surface area contributed by atoms with Gasteiger partial charge in [0.1, 0.15) is 11.9 Å². The molecule has 0 saturated carbocycles. The van der Waals surface area contributed by atoms with Gasteiger partial charge in [0.15, 0.2) is 0 Å². The Morgan fingerprint density at radius 1 is 1.43 bits per heavy atom. The summed E-state index contributed by atoms with van der Waals surface area (Å²) in [5.74, 6) is 0.661. The van der Waals surface area contributed by atoms with E-state index >= 15 is 0 Å². The van der Waals surface area contributed by atoms with Crippen LogP contribution >= 0.6 is 12.4 Å². The average Bonchev–Trinajstić information content (AvgIpc) is 2.47. The minimum Gasteiger partial charge on any atom is -0.496 e. The van der Waals surface area contributed by atoms with Gasteiger partial charge in [0.2, 0.25) is 0 Å². The van der Waals surface area contributed by atoms with Gasteiger partial charge in [-0.1, -0.05) is 18.2 Å². The molecule has 1 atom stereocenters. The molecule has 5 nitrogen and oxygen atoms in total. The Morgan fingerprint density at radius 2 is 2.14 bits per heavy atom. The van der Waals surface area contributed by atoms with Crippen LogP contribution in [0.3, 0.4) is 0 Å². The zero-order chi connectivity index (χ0) is 14.6. The van der Waals surface area contributed by atoms with Crippen LogP contribution in [0.25, 0.3) is 0 Å². The molecule has 1 unspecified atom stereocenters. The van der Waals surface area contributed by atoms with Crippen molar-refractivity contribution in [2.24, 2.45) is 0 Å². The van der Waals surface area contributed by atoms with Crippen LogP contribution in [0.4, 0.5) is 0 Å². The molecular formula is C15H23ClN2O3. The third kappa shape index (κ3) is 4.33. The van der Waals surface area contributed by atoms with E-state index in [1.54, 1.807) is 7.11 Å². The summed E-state index contributed by atoms with van der Waals surface area (Å²) in [4.78, 5) is 12.3. The van der Waals surface area contributed by atoms with E-state index in [4.69, 9.17) is 9.47 Å². The lowest BCUT2D eigenvalue weighted by atomic mass is 9.93. The molecule has 0 radical (unpaired) electrons. The average molecular weight is 315 g/mol. The molecule has 2 rings (SSSR count). The van der Waals surface area contributed by atoms with Crippen molar-refractivity contribution in [1.82, 2.24) is 10.6 Å². The van der Waals surface area contributed by atoms with Crippen LogP contribution in [0.5, 0.6) is 5.75 Å². The van der Waals surface area contributed by atoms with Crippen molar-refractivity contribution in [3.05, 3.63) is 29.8 Å². The lowest BCUT2D eigenvalue weighted by Crippen LogP contribution is -2.52. The highest BCUT2D eigenvalue weighted by Crippen LogP contribution is 2.29. The van der Waals surface area contributed by atoms with E-state index in [0.717, 1.165) is 17.9 Å². The molecule has 1 fully saturated rings. The number of hydrogen-bond donors (Lipinski definition) is 2. The number of benzene rings is 1. The Hall–Kier alpha value is -1.30. The lowest BCUT2D eigenvalue weighted by Gasteiger charge is -2.31. The largest absolute Gasteiger partial charge is 0.496 e. The zero-order valence-corrected chi connectivity index (χ0v) is 13.5. The molecule has 1 heterocycles. The number of carbonyl (C=O) groups excluding carboxylic acids is 1. The van der Waals surface area contributed by atoms with Gasteiger partial charge in [-0.05, 0) is 19.9 Å². The lowest BCUT2D eigenvalue weighted by molar-refractivity contribution is -0.136. The van der Waals surface area contributed by atoms with Crippen molar-refractivity contribution in [2.45, 2.75) is 25.5 Å².